The van der Waals surface area contributed by atoms with Gasteiger partial charge in [0.05, 0.1) is 0 Å². The predicted molar refractivity (Wildman–Crippen MR) is 52.2 cm³/mol. The third kappa shape index (κ3) is 2.62. The highest BCUT2D eigenvalue weighted by Gasteiger charge is 2.18. The van der Waals surface area contributed by atoms with Gasteiger partial charge in [0.1, 0.15) is 0 Å². The molecule has 1 aromatic carbocycles. The molecule has 72 valence electrons. The summed E-state index contributed by atoms with van der Waals surface area (Å²) < 4.78 is 4.63. The molecule has 0 saturated carbocycles. The molecule has 1 rings (SSSR count). The maximum absolute atomic E-state index is 10.2. The van der Waals surface area contributed by atoms with E-state index in [0.717, 1.165) is 4.90 Å². The van der Waals surface area contributed by atoms with Crippen molar-refractivity contribution in [3.05, 3.63) is 40.4 Å². The highest BCUT2D eigenvalue weighted by atomic mass is 32.3. The Labute approximate surface area is 78.2 Å². The summed E-state index contributed by atoms with van der Waals surface area (Å²) in [5.41, 5.74) is 0. The zero-order chi connectivity index (χ0) is 9.90. The number of rotatable bonds is 3. The van der Waals surface area contributed by atoms with Crippen LogP contribution in [0.5, 0.6) is 0 Å². The second-order valence-electron chi connectivity index (χ2n) is 2.84. The molecule has 0 aromatic heterocycles. The maximum atomic E-state index is 10.2. The third-order valence-corrected chi connectivity index (χ3v) is 3.46. The van der Waals surface area contributed by atoms with Crippen molar-refractivity contribution in [1.29, 1.82) is 0 Å². The Bertz CT molecular complexity index is 300. The van der Waals surface area contributed by atoms with E-state index in [1.807, 2.05) is 30.3 Å². The molecular weight excluding hydrogens is 190 g/mol. The second-order valence-corrected chi connectivity index (χ2v) is 5.93. The molecule has 0 aliphatic rings. The Morgan fingerprint density at radius 2 is 1.85 bits per heavy atom. The zero-order valence-corrected chi connectivity index (χ0v) is 8.28. The average molecular weight is 201 g/mol. The Kier molecular flexibility index (Phi) is 2.77. The summed E-state index contributed by atoms with van der Waals surface area (Å²) in [7, 11) is -1.76. The fraction of sp³-hybridized carbons (Fsp3) is 0.250. The molecule has 0 saturated heterocycles. The van der Waals surface area contributed by atoms with Gasteiger partial charge >= 0.3 is 5.09 Å². The van der Waals surface area contributed by atoms with Crippen LogP contribution in [0.1, 0.15) is 0 Å². The fourth-order valence-corrected chi connectivity index (χ4v) is 2.15. The van der Waals surface area contributed by atoms with E-state index in [0.29, 0.717) is 0 Å². The van der Waals surface area contributed by atoms with Crippen molar-refractivity contribution in [2.24, 2.45) is 0 Å². The Hall–Kier alpha value is -1.23. The lowest BCUT2D eigenvalue weighted by Gasteiger charge is -2.27. The Morgan fingerprint density at radius 1 is 1.31 bits per heavy atom. The monoisotopic (exact) mass is 201 g/mol. The van der Waals surface area contributed by atoms with Gasteiger partial charge in [-0.3, -0.25) is 4.28 Å². The first-order valence-electron chi connectivity index (χ1n) is 3.65. The number of nitrogens with zero attached hydrogens (tertiary/aromatic N) is 1. The van der Waals surface area contributed by atoms with Crippen LogP contribution in [0, 0.1) is 10.1 Å². The molecular formula is C8H11NO3S. The van der Waals surface area contributed by atoms with Gasteiger partial charge in [0, 0.05) is 4.90 Å². The first-order valence-corrected chi connectivity index (χ1v) is 6.02. The van der Waals surface area contributed by atoms with Gasteiger partial charge in [-0.1, -0.05) is 28.5 Å². The minimum absolute atomic E-state index is 0.734. The van der Waals surface area contributed by atoms with E-state index >= 15 is 0 Å². The molecule has 0 fully saturated rings. The minimum Gasteiger partial charge on any atom is -0.259 e. The second kappa shape index (κ2) is 3.66. The number of hydrogen-bond donors (Lipinski definition) is 0. The first-order chi connectivity index (χ1) is 6.02. The lowest BCUT2D eigenvalue weighted by molar-refractivity contribution is -0.710. The quantitative estimate of drug-likeness (QED) is 0.556. The van der Waals surface area contributed by atoms with Crippen LogP contribution in [0.25, 0.3) is 0 Å². The van der Waals surface area contributed by atoms with Gasteiger partial charge in [0.25, 0.3) is 0 Å². The van der Waals surface area contributed by atoms with Gasteiger partial charge < -0.3 is 0 Å². The van der Waals surface area contributed by atoms with E-state index in [9.17, 15) is 10.1 Å². The van der Waals surface area contributed by atoms with Gasteiger partial charge in [-0.2, -0.15) is 0 Å². The van der Waals surface area contributed by atoms with Gasteiger partial charge in [-0.15, -0.1) is 10.1 Å². The Morgan fingerprint density at radius 3 is 2.31 bits per heavy atom. The normalized spacial score (nSPS) is 12.2. The summed E-state index contributed by atoms with van der Waals surface area (Å²) in [5.74, 6) is 0. The third-order valence-electron chi connectivity index (χ3n) is 1.56. The summed E-state index contributed by atoms with van der Waals surface area (Å²) in [4.78, 5) is 11.1. The minimum atomic E-state index is -1.76. The van der Waals surface area contributed by atoms with Crippen molar-refractivity contribution in [1.82, 2.24) is 0 Å². The lowest BCUT2D eigenvalue weighted by atomic mass is 10.4. The highest BCUT2D eigenvalue weighted by molar-refractivity contribution is 8.28. The summed E-state index contributed by atoms with van der Waals surface area (Å²) in [6.07, 6.45) is 3.48. The Balaban J connectivity index is 2.87. The molecule has 5 heteroatoms. The van der Waals surface area contributed by atoms with Crippen LogP contribution >= 0.6 is 10.3 Å². The van der Waals surface area contributed by atoms with E-state index in [2.05, 4.69) is 4.28 Å². The molecule has 4 nitrogen and oxygen atoms in total. The molecule has 0 amide bonds. The summed E-state index contributed by atoms with van der Waals surface area (Å²) in [5, 5.41) is 9.46. The van der Waals surface area contributed by atoms with E-state index in [1.54, 1.807) is 12.5 Å². The topological polar surface area (TPSA) is 52.4 Å². The van der Waals surface area contributed by atoms with Crippen LogP contribution in [0.15, 0.2) is 35.2 Å². The standard InChI is InChI=1S/C8H11NO3S/c1-13(2,12-9(10)11)8-6-4-3-5-7-8/h3-7H,1-2H3. The van der Waals surface area contributed by atoms with Crippen molar-refractivity contribution in [3.8, 4) is 0 Å². The van der Waals surface area contributed by atoms with Crippen LogP contribution in [0.4, 0.5) is 0 Å². The maximum Gasteiger partial charge on any atom is 0.305 e. The van der Waals surface area contributed by atoms with Crippen molar-refractivity contribution < 1.29 is 9.37 Å². The van der Waals surface area contributed by atoms with E-state index in [4.69, 9.17) is 0 Å². The van der Waals surface area contributed by atoms with E-state index < -0.39 is 15.4 Å². The van der Waals surface area contributed by atoms with Crippen LogP contribution < -0.4 is 0 Å². The van der Waals surface area contributed by atoms with Crippen molar-refractivity contribution in [2.45, 2.75) is 4.90 Å². The van der Waals surface area contributed by atoms with Crippen molar-refractivity contribution in [2.75, 3.05) is 12.5 Å². The number of benzene rings is 1. The molecule has 1 aromatic rings. The molecule has 0 N–H and O–H groups in total. The molecule has 0 radical (unpaired) electrons. The van der Waals surface area contributed by atoms with E-state index in [-0.39, 0.29) is 0 Å². The van der Waals surface area contributed by atoms with Crippen molar-refractivity contribution >= 4 is 10.3 Å². The summed E-state index contributed by atoms with van der Waals surface area (Å²) in [6, 6.07) is 9.21. The van der Waals surface area contributed by atoms with Gasteiger partial charge in [0.15, 0.2) is 0 Å². The lowest BCUT2D eigenvalue weighted by Crippen LogP contribution is -2.07. The van der Waals surface area contributed by atoms with Gasteiger partial charge in [-0.25, -0.2) is 0 Å². The molecule has 13 heavy (non-hydrogen) atoms. The fourth-order valence-electron chi connectivity index (χ4n) is 0.943. The smallest absolute Gasteiger partial charge is 0.259 e. The predicted octanol–water partition coefficient (Wildman–Crippen LogP) is 2.23. The van der Waals surface area contributed by atoms with Crippen LogP contribution in [0.3, 0.4) is 0 Å². The first kappa shape index (κ1) is 9.85. The SMILES string of the molecule is CS(C)(O[N+](=O)[O-])c1ccccc1. The number of hydrogen-bond acceptors (Lipinski definition) is 3. The summed E-state index contributed by atoms with van der Waals surface area (Å²) >= 11 is 0. The van der Waals surface area contributed by atoms with E-state index in [1.165, 1.54) is 0 Å². The van der Waals surface area contributed by atoms with Crippen LogP contribution in [-0.2, 0) is 4.28 Å². The average Bonchev–Trinajstić information content (AvgIpc) is 2.04. The zero-order valence-electron chi connectivity index (χ0n) is 7.47. The molecule has 0 unspecified atom stereocenters. The van der Waals surface area contributed by atoms with Crippen molar-refractivity contribution in [3.63, 3.8) is 0 Å². The molecule has 0 spiro atoms. The van der Waals surface area contributed by atoms with Crippen LogP contribution in [-0.4, -0.2) is 17.6 Å². The largest absolute Gasteiger partial charge is 0.305 e. The van der Waals surface area contributed by atoms with Gasteiger partial charge in [-0.05, 0) is 24.6 Å². The summed E-state index contributed by atoms with van der Waals surface area (Å²) in [6.45, 7) is 0. The van der Waals surface area contributed by atoms with Gasteiger partial charge in [0.2, 0.25) is 0 Å². The molecule has 0 heterocycles. The highest BCUT2D eigenvalue weighted by Crippen LogP contribution is 2.49. The molecule has 0 atom stereocenters. The van der Waals surface area contributed by atoms with Crippen LogP contribution in [0.2, 0.25) is 0 Å². The molecule has 0 bridgehead atoms. The molecule has 0 aliphatic carbocycles. The molecule has 0 aliphatic heterocycles.